The molecule has 1 aliphatic rings. The number of ether oxygens (including phenoxy) is 1. The van der Waals surface area contributed by atoms with Crippen molar-refractivity contribution >= 4 is 12.4 Å². The summed E-state index contributed by atoms with van der Waals surface area (Å²) in [5, 5.41) is 0. The third-order valence-corrected chi connectivity index (χ3v) is 2.64. The molecule has 0 bridgehead atoms. The van der Waals surface area contributed by atoms with Crippen LogP contribution in [0.4, 0.5) is 0 Å². The van der Waals surface area contributed by atoms with Gasteiger partial charge in [-0.15, -0.1) is 0 Å². The Hall–Kier alpha value is -1.10. The van der Waals surface area contributed by atoms with Gasteiger partial charge in [0.25, 0.3) is 6.47 Å². The number of piperazine rings is 1. The van der Waals surface area contributed by atoms with Crippen LogP contribution in [-0.4, -0.2) is 60.5 Å². The summed E-state index contributed by atoms with van der Waals surface area (Å²) in [5.74, 6) is 0.200. The van der Waals surface area contributed by atoms with Crippen LogP contribution in [0.3, 0.4) is 0 Å². The van der Waals surface area contributed by atoms with Crippen LogP contribution in [0.15, 0.2) is 0 Å². The van der Waals surface area contributed by atoms with Gasteiger partial charge >= 0.3 is 0 Å². The Balaban J connectivity index is 0.000000360. The van der Waals surface area contributed by atoms with E-state index in [9.17, 15) is 9.59 Å². The minimum atomic E-state index is -0.318. The predicted octanol–water partition coefficient (Wildman–Crippen LogP) is 1.13. The molecule has 18 heavy (non-hydrogen) atoms. The number of carbonyl (C=O) groups is 2. The minimum Gasteiger partial charge on any atom is -0.462 e. The van der Waals surface area contributed by atoms with E-state index >= 15 is 0 Å². The zero-order chi connectivity index (χ0) is 14.3. The van der Waals surface area contributed by atoms with Gasteiger partial charge in [-0.25, -0.2) is 0 Å². The number of carbonyl (C=O) groups excluding carboxylic acids is 2. The summed E-state index contributed by atoms with van der Waals surface area (Å²) in [4.78, 5) is 24.8. The Morgan fingerprint density at radius 2 is 1.89 bits per heavy atom. The van der Waals surface area contributed by atoms with E-state index in [1.165, 1.54) is 0 Å². The van der Waals surface area contributed by atoms with Gasteiger partial charge in [0.05, 0.1) is 0 Å². The second-order valence-electron chi connectivity index (χ2n) is 5.65. The van der Waals surface area contributed by atoms with Gasteiger partial charge in [0.1, 0.15) is 5.60 Å². The molecule has 0 spiro atoms. The molecule has 1 rings (SSSR count). The molecule has 0 radical (unpaired) electrons. The normalized spacial score (nSPS) is 20.8. The van der Waals surface area contributed by atoms with Crippen LogP contribution in [-0.2, 0) is 14.3 Å². The van der Waals surface area contributed by atoms with Crippen molar-refractivity contribution in [2.45, 2.75) is 46.3 Å². The summed E-state index contributed by atoms with van der Waals surface area (Å²) in [6.07, 6.45) is 0. The van der Waals surface area contributed by atoms with Crippen LogP contribution in [0.5, 0.6) is 0 Å². The number of likely N-dealkylation sites (N-methyl/N-ethyl adjacent to an activating group) is 1. The van der Waals surface area contributed by atoms with Crippen molar-refractivity contribution in [1.82, 2.24) is 9.80 Å². The molecule has 5 heteroatoms. The lowest BCUT2D eigenvalue weighted by atomic mass is 10.2. The Labute approximate surface area is 110 Å². The highest BCUT2D eigenvalue weighted by Gasteiger charge is 2.22. The molecule has 1 heterocycles. The Morgan fingerprint density at radius 3 is 2.17 bits per heavy atom. The highest BCUT2D eigenvalue weighted by Crippen LogP contribution is 2.07. The average Bonchev–Trinajstić information content (AvgIpc) is 2.15. The van der Waals surface area contributed by atoms with Gasteiger partial charge in [0.15, 0.2) is 0 Å². The van der Waals surface area contributed by atoms with Gasteiger partial charge in [-0.3, -0.25) is 9.59 Å². The van der Waals surface area contributed by atoms with E-state index in [2.05, 4.69) is 23.6 Å². The first kappa shape index (κ1) is 16.9. The molecule has 0 aromatic heterocycles. The zero-order valence-corrected chi connectivity index (χ0v) is 12.4. The minimum absolute atomic E-state index is 0.200. The molecule has 1 aliphatic heterocycles. The topological polar surface area (TPSA) is 49.9 Å². The lowest BCUT2D eigenvalue weighted by Gasteiger charge is -2.37. The molecule has 1 saturated heterocycles. The molecule has 5 nitrogen and oxygen atoms in total. The molecule has 0 aliphatic carbocycles. The largest absolute Gasteiger partial charge is 0.462 e. The first-order valence-corrected chi connectivity index (χ1v) is 6.24. The van der Waals surface area contributed by atoms with Crippen molar-refractivity contribution in [3.8, 4) is 0 Å². The molecular weight excluding hydrogens is 232 g/mol. The van der Waals surface area contributed by atoms with Crippen molar-refractivity contribution in [3.05, 3.63) is 0 Å². The molecule has 0 saturated carbocycles. The monoisotopic (exact) mass is 258 g/mol. The lowest BCUT2D eigenvalue weighted by Crippen LogP contribution is -2.52. The molecule has 0 aromatic carbocycles. The van der Waals surface area contributed by atoms with Gasteiger partial charge in [-0.05, 0) is 34.7 Å². The number of amides is 1. The predicted molar refractivity (Wildman–Crippen MR) is 71.2 cm³/mol. The molecule has 106 valence electrons. The van der Waals surface area contributed by atoms with Crippen molar-refractivity contribution in [2.75, 3.05) is 26.7 Å². The van der Waals surface area contributed by atoms with Crippen LogP contribution in [0, 0.1) is 0 Å². The van der Waals surface area contributed by atoms with Crippen LogP contribution in [0.1, 0.15) is 34.6 Å². The van der Waals surface area contributed by atoms with E-state index in [0.29, 0.717) is 12.5 Å². The molecular formula is C13H26N2O3. The Kier molecular flexibility index (Phi) is 6.91. The summed E-state index contributed by atoms with van der Waals surface area (Å²) in [6, 6.07) is 0.381. The highest BCUT2D eigenvalue weighted by atomic mass is 16.5. The lowest BCUT2D eigenvalue weighted by molar-refractivity contribution is -0.138. The fraction of sp³-hybridized carbons (Fsp3) is 0.846. The van der Waals surface area contributed by atoms with Crippen molar-refractivity contribution in [3.63, 3.8) is 0 Å². The van der Waals surface area contributed by atoms with Gasteiger partial charge in [-0.1, -0.05) is 0 Å². The number of nitrogens with zero attached hydrogens (tertiary/aromatic N) is 2. The summed E-state index contributed by atoms with van der Waals surface area (Å²) < 4.78 is 4.55. The molecule has 1 atom stereocenters. The number of rotatable bonds is 1. The molecule has 1 amide bonds. The van der Waals surface area contributed by atoms with E-state index in [1.807, 2.05) is 25.7 Å². The van der Waals surface area contributed by atoms with Crippen LogP contribution in [0.2, 0.25) is 0 Å². The molecule has 0 aromatic rings. The van der Waals surface area contributed by atoms with Crippen molar-refractivity contribution in [1.29, 1.82) is 0 Å². The van der Waals surface area contributed by atoms with Gasteiger partial charge < -0.3 is 14.5 Å². The molecule has 1 unspecified atom stereocenters. The van der Waals surface area contributed by atoms with E-state index in [1.54, 1.807) is 6.92 Å². The maximum atomic E-state index is 11.0. The highest BCUT2D eigenvalue weighted by molar-refractivity contribution is 5.73. The fourth-order valence-corrected chi connectivity index (χ4v) is 1.75. The fourth-order valence-electron chi connectivity index (χ4n) is 1.75. The zero-order valence-electron chi connectivity index (χ0n) is 12.4. The van der Waals surface area contributed by atoms with Crippen molar-refractivity contribution in [2.24, 2.45) is 0 Å². The first-order chi connectivity index (χ1) is 8.17. The molecule has 1 fully saturated rings. The third-order valence-electron chi connectivity index (χ3n) is 2.64. The smallest absolute Gasteiger partial charge is 0.293 e. The second kappa shape index (κ2) is 7.36. The van der Waals surface area contributed by atoms with Crippen molar-refractivity contribution < 1.29 is 14.3 Å². The van der Waals surface area contributed by atoms with Crippen LogP contribution >= 0.6 is 0 Å². The number of hydrogen-bond donors (Lipinski definition) is 0. The Morgan fingerprint density at radius 1 is 1.33 bits per heavy atom. The van der Waals surface area contributed by atoms with E-state index in [4.69, 9.17) is 0 Å². The van der Waals surface area contributed by atoms with Crippen LogP contribution < -0.4 is 0 Å². The van der Waals surface area contributed by atoms with Gasteiger partial charge in [0, 0.05) is 32.6 Å². The third kappa shape index (κ3) is 7.27. The second-order valence-corrected chi connectivity index (χ2v) is 5.65. The van der Waals surface area contributed by atoms with E-state index in [-0.39, 0.29) is 11.5 Å². The maximum absolute atomic E-state index is 11.0. The van der Waals surface area contributed by atoms with E-state index in [0.717, 1.165) is 19.6 Å². The Bertz CT molecular complexity index is 274. The standard InChI is InChI=1S/C8H16N2O.C5H10O2/c1-7-6-9(3)4-5-10(7)8(2)11;1-5(2,3)7-4-6/h7H,4-6H2,1-3H3;4H,1-3H3. The SMILES string of the molecule is CC(=O)N1CCN(C)CC1C.CC(C)(C)OC=O. The van der Waals surface area contributed by atoms with Crippen LogP contribution in [0.25, 0.3) is 0 Å². The first-order valence-electron chi connectivity index (χ1n) is 6.24. The number of hydrogen-bond acceptors (Lipinski definition) is 4. The average molecular weight is 258 g/mol. The quantitative estimate of drug-likeness (QED) is 0.662. The molecule has 0 N–H and O–H groups in total. The summed E-state index contributed by atoms with van der Waals surface area (Å²) in [5.41, 5.74) is -0.318. The summed E-state index contributed by atoms with van der Waals surface area (Å²) in [6.45, 7) is 12.5. The summed E-state index contributed by atoms with van der Waals surface area (Å²) >= 11 is 0. The maximum Gasteiger partial charge on any atom is 0.293 e. The van der Waals surface area contributed by atoms with Gasteiger partial charge in [0.2, 0.25) is 5.91 Å². The van der Waals surface area contributed by atoms with Gasteiger partial charge in [-0.2, -0.15) is 0 Å². The summed E-state index contributed by atoms with van der Waals surface area (Å²) in [7, 11) is 2.09. The van der Waals surface area contributed by atoms with E-state index < -0.39 is 0 Å².